The summed E-state index contributed by atoms with van der Waals surface area (Å²) in [6.45, 7) is 15.3. The van der Waals surface area contributed by atoms with Crippen molar-refractivity contribution in [3.05, 3.63) is 23.9 Å². The molecular formula is C20H33N3O4. The van der Waals surface area contributed by atoms with E-state index >= 15 is 0 Å². The van der Waals surface area contributed by atoms with Crippen LogP contribution < -0.4 is 10.2 Å². The monoisotopic (exact) mass is 379 g/mol. The molecular weight excluding hydrogens is 346 g/mol. The number of hydrogen-bond acceptors (Lipinski definition) is 6. The highest BCUT2D eigenvalue weighted by molar-refractivity contribution is 6.08. The van der Waals surface area contributed by atoms with Gasteiger partial charge in [0.05, 0.1) is 0 Å². The first-order valence-corrected chi connectivity index (χ1v) is 9.23. The van der Waals surface area contributed by atoms with Crippen LogP contribution in [0.2, 0.25) is 0 Å². The largest absolute Gasteiger partial charge is 0.443 e. The van der Waals surface area contributed by atoms with Crippen molar-refractivity contribution in [1.29, 1.82) is 0 Å². The molecule has 0 saturated carbocycles. The van der Waals surface area contributed by atoms with Gasteiger partial charge in [0, 0.05) is 12.2 Å². The molecule has 27 heavy (non-hydrogen) atoms. The molecule has 0 aliphatic rings. The van der Waals surface area contributed by atoms with Crippen molar-refractivity contribution in [1.82, 2.24) is 10.3 Å². The van der Waals surface area contributed by atoms with Crippen molar-refractivity contribution in [2.45, 2.75) is 79.1 Å². The predicted octanol–water partition coefficient (Wildman–Crippen LogP) is 4.30. The number of carbonyl (C=O) groups is 2. The van der Waals surface area contributed by atoms with Gasteiger partial charge in [-0.2, -0.15) is 4.90 Å². The molecule has 1 N–H and O–H groups in total. The highest BCUT2D eigenvalue weighted by Gasteiger charge is 2.33. The first-order chi connectivity index (χ1) is 12.3. The third-order valence-electron chi connectivity index (χ3n) is 3.16. The smallest absolute Gasteiger partial charge is 0.425 e. The Kier molecular flexibility index (Phi) is 7.77. The lowest BCUT2D eigenvalue weighted by molar-refractivity contribution is 0.0429. The van der Waals surface area contributed by atoms with E-state index in [9.17, 15) is 9.59 Å². The Morgan fingerprint density at radius 1 is 1.07 bits per heavy atom. The molecule has 7 nitrogen and oxygen atoms in total. The van der Waals surface area contributed by atoms with Gasteiger partial charge in [-0.3, -0.25) is 0 Å². The summed E-state index contributed by atoms with van der Waals surface area (Å²) in [4.78, 5) is 30.3. The van der Waals surface area contributed by atoms with Gasteiger partial charge in [0.25, 0.3) is 0 Å². The number of ether oxygens (including phenoxy) is 2. The number of aromatic nitrogens is 1. The number of rotatable bonds is 5. The lowest BCUT2D eigenvalue weighted by Crippen LogP contribution is -2.44. The number of amides is 2. The molecule has 0 bridgehead atoms. The van der Waals surface area contributed by atoms with Crippen molar-refractivity contribution in [2.24, 2.45) is 0 Å². The number of nitrogens with one attached hydrogen (secondary N) is 1. The normalized spacial score (nSPS) is 12.0. The maximum absolute atomic E-state index is 12.7. The average molecular weight is 380 g/mol. The van der Waals surface area contributed by atoms with Gasteiger partial charge in [-0.15, -0.1) is 0 Å². The van der Waals surface area contributed by atoms with Gasteiger partial charge in [-0.1, -0.05) is 13.8 Å². The first-order valence-electron chi connectivity index (χ1n) is 9.23. The molecule has 0 fully saturated rings. The third kappa shape index (κ3) is 8.86. The zero-order chi connectivity index (χ0) is 20.8. The van der Waals surface area contributed by atoms with Gasteiger partial charge in [-0.25, -0.2) is 14.6 Å². The Labute approximate surface area is 162 Å². The van der Waals surface area contributed by atoms with Gasteiger partial charge < -0.3 is 14.8 Å². The summed E-state index contributed by atoms with van der Waals surface area (Å²) in [6, 6.07) is 3.94. The Morgan fingerprint density at radius 3 is 2.04 bits per heavy atom. The maximum Gasteiger partial charge on any atom is 0.425 e. The van der Waals surface area contributed by atoms with Crippen LogP contribution in [0.15, 0.2) is 18.3 Å². The average Bonchev–Trinajstić information content (AvgIpc) is 2.43. The summed E-state index contributed by atoms with van der Waals surface area (Å²) >= 11 is 0. The number of hydrogen-bond donors (Lipinski definition) is 1. The molecule has 1 aromatic heterocycles. The fourth-order valence-electron chi connectivity index (χ4n) is 2.12. The second-order valence-corrected chi connectivity index (χ2v) is 8.68. The number of pyridine rings is 1. The van der Waals surface area contributed by atoms with Crippen LogP contribution in [0, 0.1) is 0 Å². The van der Waals surface area contributed by atoms with Gasteiger partial charge in [0.2, 0.25) is 0 Å². The molecule has 0 aliphatic heterocycles. The molecule has 0 saturated heterocycles. The second-order valence-electron chi connectivity index (χ2n) is 8.68. The van der Waals surface area contributed by atoms with Gasteiger partial charge in [-0.05, 0) is 72.2 Å². The van der Waals surface area contributed by atoms with E-state index in [-0.39, 0.29) is 5.82 Å². The zero-order valence-electron chi connectivity index (χ0n) is 17.8. The number of imide groups is 1. The highest BCUT2D eigenvalue weighted by Crippen LogP contribution is 2.21. The Hall–Kier alpha value is -2.15. The summed E-state index contributed by atoms with van der Waals surface area (Å²) < 4.78 is 10.8. The fourth-order valence-corrected chi connectivity index (χ4v) is 2.12. The van der Waals surface area contributed by atoms with E-state index in [2.05, 4.69) is 24.1 Å². The zero-order valence-corrected chi connectivity index (χ0v) is 17.8. The third-order valence-corrected chi connectivity index (χ3v) is 3.16. The molecule has 1 aromatic rings. The van der Waals surface area contributed by atoms with Gasteiger partial charge in [0.15, 0.2) is 0 Å². The van der Waals surface area contributed by atoms with E-state index < -0.39 is 23.4 Å². The van der Waals surface area contributed by atoms with E-state index in [1.807, 2.05) is 6.07 Å². The van der Waals surface area contributed by atoms with Crippen LogP contribution in [0.1, 0.15) is 61.0 Å². The molecule has 152 valence electrons. The SMILES string of the molecule is CC(C)NCCc1ccnc(N(C(=O)OC(C)(C)C)C(=O)OC(C)(C)C)c1. The number of carbonyl (C=O) groups excluding carboxylic acids is 2. The maximum atomic E-state index is 12.7. The molecule has 2 amide bonds. The van der Waals surface area contributed by atoms with E-state index in [1.54, 1.807) is 53.8 Å². The van der Waals surface area contributed by atoms with Crippen LogP contribution in [0.5, 0.6) is 0 Å². The van der Waals surface area contributed by atoms with Crippen LogP contribution in [-0.4, -0.2) is 41.0 Å². The minimum Gasteiger partial charge on any atom is -0.443 e. The predicted molar refractivity (Wildman–Crippen MR) is 106 cm³/mol. The molecule has 1 rings (SSSR count). The van der Waals surface area contributed by atoms with Crippen molar-refractivity contribution in [3.8, 4) is 0 Å². The minimum atomic E-state index is -0.818. The topological polar surface area (TPSA) is 80.8 Å². The van der Waals surface area contributed by atoms with E-state index in [1.165, 1.54) is 0 Å². The summed E-state index contributed by atoms with van der Waals surface area (Å²) in [5, 5.41) is 3.33. The first kappa shape index (κ1) is 22.9. The minimum absolute atomic E-state index is 0.181. The van der Waals surface area contributed by atoms with Crippen LogP contribution in [0.3, 0.4) is 0 Å². The van der Waals surface area contributed by atoms with E-state index in [4.69, 9.17) is 9.47 Å². The number of anilines is 1. The molecule has 0 aliphatic carbocycles. The van der Waals surface area contributed by atoms with Gasteiger partial charge >= 0.3 is 12.2 Å². The van der Waals surface area contributed by atoms with E-state index in [0.717, 1.165) is 23.4 Å². The summed E-state index contributed by atoms with van der Waals surface area (Å²) in [7, 11) is 0. The second kappa shape index (κ2) is 9.17. The van der Waals surface area contributed by atoms with Gasteiger partial charge in [0.1, 0.15) is 17.0 Å². The lowest BCUT2D eigenvalue weighted by Gasteiger charge is -2.28. The molecule has 0 radical (unpaired) electrons. The quantitative estimate of drug-likeness (QED) is 0.821. The summed E-state index contributed by atoms with van der Waals surface area (Å²) in [5.41, 5.74) is -0.558. The standard InChI is InChI=1S/C20H33N3O4/c1-14(2)21-11-9-15-10-12-22-16(13-15)23(17(24)26-19(3,4)5)18(25)27-20(6,7)8/h10,12-14,21H,9,11H2,1-8H3. The summed E-state index contributed by atoms with van der Waals surface area (Å²) in [5.74, 6) is 0.181. The van der Waals surface area contributed by atoms with Crippen LogP contribution >= 0.6 is 0 Å². The highest BCUT2D eigenvalue weighted by atomic mass is 16.6. The van der Waals surface area contributed by atoms with Crippen LogP contribution in [0.4, 0.5) is 15.4 Å². The van der Waals surface area contributed by atoms with Crippen molar-refractivity contribution < 1.29 is 19.1 Å². The molecule has 0 unspecified atom stereocenters. The summed E-state index contributed by atoms with van der Waals surface area (Å²) in [6.07, 6.45) is 0.676. The number of nitrogens with zero attached hydrogens (tertiary/aromatic N) is 2. The van der Waals surface area contributed by atoms with Crippen LogP contribution in [0.25, 0.3) is 0 Å². The van der Waals surface area contributed by atoms with E-state index in [0.29, 0.717) is 6.04 Å². The molecule has 0 aromatic carbocycles. The molecule has 0 spiro atoms. The molecule has 0 atom stereocenters. The van der Waals surface area contributed by atoms with Crippen LogP contribution in [-0.2, 0) is 15.9 Å². The van der Waals surface area contributed by atoms with Crippen molar-refractivity contribution in [2.75, 3.05) is 11.4 Å². The Bertz CT molecular complexity index is 617. The molecule has 1 heterocycles. The fraction of sp³-hybridized carbons (Fsp3) is 0.650. The lowest BCUT2D eigenvalue weighted by atomic mass is 10.2. The Balaban J connectivity index is 3.11. The van der Waals surface area contributed by atoms with Crippen molar-refractivity contribution in [3.63, 3.8) is 0 Å². The Morgan fingerprint density at radius 2 is 1.59 bits per heavy atom. The molecule has 7 heteroatoms. The van der Waals surface area contributed by atoms with Crippen molar-refractivity contribution >= 4 is 18.0 Å².